The number of carbonyl (C=O) groups excluding carboxylic acids is 2. The van der Waals surface area contributed by atoms with Crippen molar-refractivity contribution in [2.45, 2.75) is 25.9 Å². The second-order valence-corrected chi connectivity index (χ2v) is 8.52. The number of halogens is 2. The predicted molar refractivity (Wildman–Crippen MR) is 129 cm³/mol. The Morgan fingerprint density at radius 2 is 1.89 bits per heavy atom. The number of alkyl halides is 2. The zero-order chi connectivity index (χ0) is 24.8. The number of amides is 2. The number of methoxy groups -OCH3 is 1. The van der Waals surface area contributed by atoms with Gasteiger partial charge in [0.15, 0.2) is 11.5 Å². The monoisotopic (exact) mass is 482 g/mol. The fourth-order valence-corrected chi connectivity index (χ4v) is 4.49. The van der Waals surface area contributed by atoms with Crippen LogP contribution in [-0.2, 0) is 11.2 Å². The van der Waals surface area contributed by atoms with Crippen LogP contribution in [0.25, 0.3) is 10.8 Å². The van der Waals surface area contributed by atoms with Crippen LogP contribution in [0.1, 0.15) is 28.8 Å². The molecular formula is C27H28F2N2O4. The van der Waals surface area contributed by atoms with Gasteiger partial charge in [-0.3, -0.25) is 9.59 Å². The van der Waals surface area contributed by atoms with E-state index >= 15 is 0 Å². The van der Waals surface area contributed by atoms with E-state index in [9.17, 15) is 18.4 Å². The number of rotatable bonds is 8. The summed E-state index contributed by atoms with van der Waals surface area (Å²) in [5, 5.41) is 4.86. The van der Waals surface area contributed by atoms with Crippen LogP contribution >= 0.6 is 0 Å². The van der Waals surface area contributed by atoms with Gasteiger partial charge in [-0.2, -0.15) is 8.78 Å². The Hall–Kier alpha value is -3.68. The maximum absolute atomic E-state index is 13.3. The largest absolute Gasteiger partial charge is 0.493 e. The lowest BCUT2D eigenvalue weighted by atomic mass is 9.95. The van der Waals surface area contributed by atoms with Crippen LogP contribution in [0.4, 0.5) is 8.78 Å². The molecule has 4 rings (SSSR count). The first-order valence-electron chi connectivity index (χ1n) is 11.6. The van der Waals surface area contributed by atoms with E-state index in [4.69, 9.17) is 4.74 Å². The predicted octanol–water partition coefficient (Wildman–Crippen LogP) is 4.66. The van der Waals surface area contributed by atoms with E-state index in [-0.39, 0.29) is 29.2 Å². The van der Waals surface area contributed by atoms with E-state index in [2.05, 4.69) is 10.1 Å². The van der Waals surface area contributed by atoms with E-state index < -0.39 is 6.61 Å². The summed E-state index contributed by atoms with van der Waals surface area (Å²) in [4.78, 5) is 27.9. The molecule has 0 aliphatic carbocycles. The van der Waals surface area contributed by atoms with Gasteiger partial charge in [-0.15, -0.1) is 0 Å². The van der Waals surface area contributed by atoms with Gasteiger partial charge in [0.05, 0.1) is 13.0 Å². The van der Waals surface area contributed by atoms with Crippen LogP contribution in [0, 0.1) is 5.92 Å². The number of fused-ring (bicyclic) bond motifs is 1. The van der Waals surface area contributed by atoms with Gasteiger partial charge in [0.2, 0.25) is 5.91 Å². The smallest absolute Gasteiger partial charge is 0.387 e. The molecule has 1 aliphatic heterocycles. The molecule has 3 aromatic carbocycles. The van der Waals surface area contributed by atoms with Crippen LogP contribution in [-0.4, -0.2) is 50.1 Å². The van der Waals surface area contributed by atoms with Gasteiger partial charge >= 0.3 is 6.61 Å². The number of hydrogen-bond donors (Lipinski definition) is 1. The van der Waals surface area contributed by atoms with Gasteiger partial charge in [0.1, 0.15) is 0 Å². The van der Waals surface area contributed by atoms with Gasteiger partial charge in [0.25, 0.3) is 5.91 Å². The number of hydrogen-bond acceptors (Lipinski definition) is 4. The van der Waals surface area contributed by atoms with Crippen molar-refractivity contribution in [1.29, 1.82) is 0 Å². The first kappa shape index (κ1) is 24.4. The van der Waals surface area contributed by atoms with Crippen molar-refractivity contribution in [3.63, 3.8) is 0 Å². The van der Waals surface area contributed by atoms with Gasteiger partial charge in [-0.25, -0.2) is 0 Å². The molecule has 1 aliphatic rings. The van der Waals surface area contributed by atoms with Crippen LogP contribution in [0.2, 0.25) is 0 Å². The summed E-state index contributed by atoms with van der Waals surface area (Å²) >= 11 is 0. The highest BCUT2D eigenvalue weighted by Gasteiger charge is 2.29. The second-order valence-electron chi connectivity index (χ2n) is 8.52. The summed E-state index contributed by atoms with van der Waals surface area (Å²) in [6.45, 7) is -1.55. The highest BCUT2D eigenvalue weighted by Crippen LogP contribution is 2.29. The SMILES string of the molecule is COc1cc(CCNC(=O)[C@@H]2CCCN(C(=O)c3cccc4ccccc34)C2)ccc1OC(F)F. The summed E-state index contributed by atoms with van der Waals surface area (Å²) in [5.41, 5.74) is 1.47. The average molecular weight is 483 g/mol. The topological polar surface area (TPSA) is 67.9 Å². The molecule has 2 amide bonds. The third-order valence-corrected chi connectivity index (χ3v) is 6.26. The molecule has 0 spiro atoms. The third kappa shape index (κ3) is 5.88. The maximum Gasteiger partial charge on any atom is 0.387 e. The zero-order valence-electron chi connectivity index (χ0n) is 19.5. The van der Waals surface area contributed by atoms with Gasteiger partial charge in [-0.1, -0.05) is 42.5 Å². The van der Waals surface area contributed by atoms with Crippen LogP contribution in [0.3, 0.4) is 0 Å². The molecular weight excluding hydrogens is 454 g/mol. The van der Waals surface area contributed by atoms with E-state index in [1.807, 2.05) is 42.5 Å². The highest BCUT2D eigenvalue weighted by molar-refractivity contribution is 6.07. The Kier molecular flexibility index (Phi) is 7.80. The molecule has 0 unspecified atom stereocenters. The zero-order valence-corrected chi connectivity index (χ0v) is 19.5. The molecule has 0 saturated carbocycles. The van der Waals surface area contributed by atoms with Crippen molar-refractivity contribution < 1.29 is 27.8 Å². The van der Waals surface area contributed by atoms with Gasteiger partial charge < -0.3 is 19.7 Å². The van der Waals surface area contributed by atoms with E-state index in [1.165, 1.54) is 13.2 Å². The van der Waals surface area contributed by atoms with Crippen molar-refractivity contribution in [1.82, 2.24) is 10.2 Å². The Morgan fingerprint density at radius 3 is 2.69 bits per heavy atom. The van der Waals surface area contributed by atoms with Crippen molar-refractivity contribution in [3.05, 3.63) is 71.8 Å². The highest BCUT2D eigenvalue weighted by atomic mass is 19.3. The summed E-state index contributed by atoms with van der Waals surface area (Å²) in [5.74, 6) is -0.251. The number of carbonyl (C=O) groups is 2. The molecule has 1 atom stereocenters. The third-order valence-electron chi connectivity index (χ3n) is 6.26. The standard InChI is InChI=1S/C27H28F2N2O4/c1-34-24-16-18(11-12-23(24)35-27(28)29)13-14-30-25(32)20-8-5-15-31(17-20)26(33)22-10-4-7-19-6-2-3-9-21(19)22/h2-4,6-7,9-12,16,20,27H,5,8,13-15,17H2,1H3,(H,30,32)/t20-/m1/s1. The van der Waals surface area contributed by atoms with E-state index in [0.717, 1.165) is 29.2 Å². The Morgan fingerprint density at radius 1 is 1.09 bits per heavy atom. The maximum atomic E-state index is 13.3. The molecule has 184 valence electrons. The molecule has 0 radical (unpaired) electrons. The summed E-state index contributed by atoms with van der Waals surface area (Å²) in [7, 11) is 1.38. The quantitative estimate of drug-likeness (QED) is 0.507. The van der Waals surface area contributed by atoms with Crippen LogP contribution < -0.4 is 14.8 Å². The molecule has 1 fully saturated rings. The van der Waals surface area contributed by atoms with E-state index in [1.54, 1.807) is 17.0 Å². The fraction of sp³-hybridized carbons (Fsp3) is 0.333. The Balaban J connectivity index is 1.34. The molecule has 6 nitrogen and oxygen atoms in total. The lowest BCUT2D eigenvalue weighted by molar-refractivity contribution is -0.126. The average Bonchev–Trinajstić information content (AvgIpc) is 2.88. The summed E-state index contributed by atoms with van der Waals surface area (Å²) < 4.78 is 34.6. The summed E-state index contributed by atoms with van der Waals surface area (Å²) in [6.07, 6.45) is 1.98. The van der Waals surface area contributed by atoms with Crippen LogP contribution in [0.15, 0.2) is 60.7 Å². The minimum absolute atomic E-state index is 0.0338. The number of likely N-dealkylation sites (tertiary alicyclic amines) is 1. The van der Waals surface area contributed by atoms with Crippen molar-refractivity contribution >= 4 is 22.6 Å². The fourth-order valence-electron chi connectivity index (χ4n) is 4.49. The van der Waals surface area contributed by atoms with Crippen LogP contribution in [0.5, 0.6) is 11.5 Å². The number of ether oxygens (including phenoxy) is 2. The molecule has 8 heteroatoms. The Bertz CT molecular complexity index is 1200. The lowest BCUT2D eigenvalue weighted by Gasteiger charge is -2.32. The van der Waals surface area contributed by atoms with Gasteiger partial charge in [0, 0.05) is 25.2 Å². The molecule has 1 saturated heterocycles. The number of piperidine rings is 1. The normalized spacial score (nSPS) is 15.8. The summed E-state index contributed by atoms with van der Waals surface area (Å²) in [6, 6.07) is 18.2. The first-order chi connectivity index (χ1) is 17.0. The van der Waals surface area contributed by atoms with Crippen molar-refractivity contribution in [2.24, 2.45) is 5.92 Å². The van der Waals surface area contributed by atoms with E-state index in [0.29, 0.717) is 31.6 Å². The second kappa shape index (κ2) is 11.2. The minimum atomic E-state index is -2.93. The molecule has 1 heterocycles. The molecule has 1 N–H and O–H groups in total. The van der Waals surface area contributed by atoms with Crippen molar-refractivity contribution in [3.8, 4) is 11.5 Å². The number of nitrogens with zero attached hydrogens (tertiary/aromatic N) is 1. The molecule has 0 bridgehead atoms. The number of nitrogens with one attached hydrogen (secondary N) is 1. The molecule has 35 heavy (non-hydrogen) atoms. The number of benzene rings is 3. The van der Waals surface area contributed by atoms with Crippen molar-refractivity contribution in [2.75, 3.05) is 26.7 Å². The lowest BCUT2D eigenvalue weighted by Crippen LogP contribution is -2.45. The van der Waals surface area contributed by atoms with Gasteiger partial charge in [-0.05, 0) is 53.8 Å². The minimum Gasteiger partial charge on any atom is -0.493 e. The molecule has 0 aromatic heterocycles. The Labute approximate surface area is 202 Å². The first-order valence-corrected chi connectivity index (χ1v) is 11.6. The molecule has 3 aromatic rings.